The summed E-state index contributed by atoms with van der Waals surface area (Å²) in [4.78, 5) is 22.6. The Bertz CT molecular complexity index is 1240. The Morgan fingerprint density at radius 2 is 1.55 bits per heavy atom. The Kier molecular flexibility index (Phi) is 5.23. The number of rotatable bonds is 5. The standard InChI is InChI=1S/C26H22N4O/c31-26(16-15-19-9-3-1-4-10-19)30-25(17-23(29-30)20-11-5-2-6-12-20)24-18-27-21-13-7-8-14-22(21)28-24/h1-14,18,25H,15-17H2. The highest BCUT2D eigenvalue weighted by molar-refractivity contribution is 6.03. The minimum atomic E-state index is -0.254. The Hall–Kier alpha value is -3.86. The molecule has 5 nitrogen and oxygen atoms in total. The van der Waals surface area contributed by atoms with Crippen molar-refractivity contribution >= 4 is 22.7 Å². The van der Waals surface area contributed by atoms with Gasteiger partial charge in [-0.15, -0.1) is 0 Å². The SMILES string of the molecule is O=C(CCc1ccccc1)N1N=C(c2ccccc2)CC1c1cnc2ccccc2n1. The van der Waals surface area contributed by atoms with Crippen molar-refractivity contribution in [3.05, 3.63) is 108 Å². The molecule has 0 aliphatic carbocycles. The van der Waals surface area contributed by atoms with Gasteiger partial charge in [-0.1, -0.05) is 72.8 Å². The molecule has 0 saturated carbocycles. The van der Waals surface area contributed by atoms with Gasteiger partial charge in [-0.05, 0) is 29.7 Å². The lowest BCUT2D eigenvalue weighted by atomic mass is 10.0. The fourth-order valence-corrected chi connectivity index (χ4v) is 3.92. The number of carbonyl (C=O) groups excluding carboxylic acids is 1. The van der Waals surface area contributed by atoms with Gasteiger partial charge in [0.05, 0.1) is 28.6 Å². The molecule has 4 aromatic rings. The number of nitrogens with zero attached hydrogens (tertiary/aromatic N) is 4. The Morgan fingerprint density at radius 3 is 2.32 bits per heavy atom. The zero-order valence-corrected chi connectivity index (χ0v) is 17.1. The average Bonchev–Trinajstić information content (AvgIpc) is 3.29. The molecule has 0 spiro atoms. The second-order valence-electron chi connectivity index (χ2n) is 7.64. The van der Waals surface area contributed by atoms with E-state index in [0.29, 0.717) is 19.3 Å². The van der Waals surface area contributed by atoms with E-state index < -0.39 is 0 Å². The summed E-state index contributed by atoms with van der Waals surface area (Å²) in [6.45, 7) is 0. The van der Waals surface area contributed by atoms with Gasteiger partial charge >= 0.3 is 0 Å². The molecule has 2 heterocycles. The molecule has 0 radical (unpaired) electrons. The first-order valence-electron chi connectivity index (χ1n) is 10.5. The second kappa shape index (κ2) is 8.48. The number of carbonyl (C=O) groups is 1. The maximum atomic E-state index is 13.2. The van der Waals surface area contributed by atoms with E-state index in [0.717, 1.165) is 33.6 Å². The molecule has 1 amide bonds. The van der Waals surface area contributed by atoms with Gasteiger partial charge in [-0.2, -0.15) is 5.10 Å². The molecule has 1 aliphatic rings. The third-order valence-electron chi connectivity index (χ3n) is 5.55. The molecule has 0 saturated heterocycles. The average molecular weight is 406 g/mol. The van der Waals surface area contributed by atoms with Crippen molar-refractivity contribution < 1.29 is 4.79 Å². The molecule has 0 bridgehead atoms. The highest BCUT2D eigenvalue weighted by Crippen LogP contribution is 2.32. The molecular formula is C26H22N4O. The van der Waals surface area contributed by atoms with Crippen LogP contribution in [0, 0.1) is 0 Å². The maximum Gasteiger partial charge on any atom is 0.243 e. The molecule has 1 atom stereocenters. The van der Waals surface area contributed by atoms with Gasteiger partial charge < -0.3 is 0 Å². The minimum absolute atomic E-state index is 0.00487. The van der Waals surface area contributed by atoms with E-state index in [2.05, 4.69) is 4.98 Å². The van der Waals surface area contributed by atoms with Crippen LogP contribution in [0.1, 0.15) is 35.7 Å². The predicted octanol–water partition coefficient (Wildman–Crippen LogP) is 4.94. The zero-order valence-electron chi connectivity index (χ0n) is 17.1. The maximum absolute atomic E-state index is 13.2. The third-order valence-corrected chi connectivity index (χ3v) is 5.55. The first-order valence-corrected chi connectivity index (χ1v) is 10.5. The smallest absolute Gasteiger partial charge is 0.243 e. The first kappa shape index (κ1) is 19.1. The summed E-state index contributed by atoms with van der Waals surface area (Å²) in [5.41, 5.74) is 5.50. The number of hydrogen-bond donors (Lipinski definition) is 0. The van der Waals surface area contributed by atoms with Gasteiger partial charge in [0.1, 0.15) is 6.04 Å². The van der Waals surface area contributed by atoms with Crippen molar-refractivity contribution in [1.29, 1.82) is 0 Å². The van der Waals surface area contributed by atoms with Crippen molar-refractivity contribution in [3.8, 4) is 0 Å². The van der Waals surface area contributed by atoms with E-state index >= 15 is 0 Å². The van der Waals surface area contributed by atoms with Crippen molar-refractivity contribution in [3.63, 3.8) is 0 Å². The van der Waals surface area contributed by atoms with Crippen LogP contribution in [0.15, 0.2) is 96.2 Å². The van der Waals surface area contributed by atoms with Crippen LogP contribution in [-0.4, -0.2) is 26.6 Å². The molecule has 0 fully saturated rings. The van der Waals surface area contributed by atoms with Crippen LogP contribution in [0.5, 0.6) is 0 Å². The first-order chi connectivity index (χ1) is 15.3. The normalized spacial score (nSPS) is 15.8. The Morgan fingerprint density at radius 1 is 0.871 bits per heavy atom. The van der Waals surface area contributed by atoms with E-state index in [9.17, 15) is 4.79 Å². The van der Waals surface area contributed by atoms with Crippen LogP contribution in [0.3, 0.4) is 0 Å². The second-order valence-corrected chi connectivity index (χ2v) is 7.64. The Labute approximate surface area is 181 Å². The topological polar surface area (TPSA) is 58.5 Å². The summed E-state index contributed by atoms with van der Waals surface area (Å²) in [7, 11) is 0. The number of fused-ring (bicyclic) bond motifs is 1. The van der Waals surface area contributed by atoms with Crippen LogP contribution < -0.4 is 0 Å². The van der Waals surface area contributed by atoms with Gasteiger partial charge in [0.25, 0.3) is 0 Å². The van der Waals surface area contributed by atoms with Crippen molar-refractivity contribution in [2.24, 2.45) is 5.10 Å². The van der Waals surface area contributed by atoms with E-state index in [1.54, 1.807) is 11.2 Å². The quantitative estimate of drug-likeness (QED) is 0.472. The van der Waals surface area contributed by atoms with Crippen molar-refractivity contribution in [2.45, 2.75) is 25.3 Å². The van der Waals surface area contributed by atoms with Crippen molar-refractivity contribution in [1.82, 2.24) is 15.0 Å². The molecule has 1 aromatic heterocycles. The lowest BCUT2D eigenvalue weighted by molar-refractivity contribution is -0.133. The summed E-state index contributed by atoms with van der Waals surface area (Å²) in [5, 5.41) is 6.36. The van der Waals surface area contributed by atoms with Crippen LogP contribution >= 0.6 is 0 Å². The fraction of sp³-hybridized carbons (Fsp3) is 0.154. The van der Waals surface area contributed by atoms with Gasteiger partial charge in [-0.25, -0.2) is 9.99 Å². The number of hydrazone groups is 1. The highest BCUT2D eigenvalue weighted by Gasteiger charge is 2.34. The summed E-state index contributed by atoms with van der Waals surface area (Å²) in [6.07, 6.45) is 3.47. The molecule has 1 aliphatic heterocycles. The van der Waals surface area contributed by atoms with Gasteiger partial charge in [0, 0.05) is 12.8 Å². The molecular weight excluding hydrogens is 384 g/mol. The van der Waals surface area contributed by atoms with Gasteiger partial charge in [0.2, 0.25) is 5.91 Å². The van der Waals surface area contributed by atoms with Gasteiger partial charge in [0.15, 0.2) is 0 Å². The molecule has 3 aromatic carbocycles. The van der Waals surface area contributed by atoms with Gasteiger partial charge in [-0.3, -0.25) is 9.78 Å². The van der Waals surface area contributed by atoms with Crippen molar-refractivity contribution in [2.75, 3.05) is 0 Å². The number of aryl methyl sites for hydroxylation is 1. The molecule has 0 N–H and O–H groups in total. The lowest BCUT2D eigenvalue weighted by Crippen LogP contribution is -2.28. The lowest BCUT2D eigenvalue weighted by Gasteiger charge is -2.21. The number of hydrogen-bond acceptors (Lipinski definition) is 4. The Balaban J connectivity index is 1.45. The highest BCUT2D eigenvalue weighted by atomic mass is 16.2. The largest absolute Gasteiger partial charge is 0.273 e. The molecule has 31 heavy (non-hydrogen) atoms. The fourth-order valence-electron chi connectivity index (χ4n) is 3.92. The number of aromatic nitrogens is 2. The third kappa shape index (κ3) is 4.08. The van der Waals surface area contributed by atoms with E-state index in [1.165, 1.54) is 0 Å². The monoisotopic (exact) mass is 406 g/mol. The van der Waals surface area contributed by atoms with E-state index in [1.807, 2.05) is 84.9 Å². The summed E-state index contributed by atoms with van der Waals surface area (Å²) >= 11 is 0. The summed E-state index contributed by atoms with van der Waals surface area (Å²) < 4.78 is 0. The number of benzene rings is 3. The molecule has 5 heteroatoms. The van der Waals surface area contributed by atoms with E-state index in [4.69, 9.17) is 10.1 Å². The zero-order chi connectivity index (χ0) is 21.0. The molecule has 1 unspecified atom stereocenters. The summed E-state index contributed by atoms with van der Waals surface area (Å²) in [6, 6.07) is 27.6. The minimum Gasteiger partial charge on any atom is -0.273 e. The number of amides is 1. The van der Waals surface area contributed by atoms with E-state index in [-0.39, 0.29) is 11.9 Å². The van der Waals surface area contributed by atoms with Crippen LogP contribution in [0.2, 0.25) is 0 Å². The predicted molar refractivity (Wildman–Crippen MR) is 121 cm³/mol. The van der Waals surface area contributed by atoms with Crippen LogP contribution in [0.25, 0.3) is 11.0 Å². The summed E-state index contributed by atoms with van der Waals surface area (Å²) in [5.74, 6) is -0.00487. The van der Waals surface area contributed by atoms with Crippen LogP contribution in [0.4, 0.5) is 0 Å². The molecule has 152 valence electrons. The van der Waals surface area contributed by atoms with Crippen LogP contribution in [-0.2, 0) is 11.2 Å². The molecule has 5 rings (SSSR count). The number of para-hydroxylation sites is 2.